The molecule has 2 aromatic carbocycles. The number of benzene rings is 2. The number of carbonyl (C=O) groups is 3. The number of amides is 1. The predicted molar refractivity (Wildman–Crippen MR) is 132 cm³/mol. The summed E-state index contributed by atoms with van der Waals surface area (Å²) < 4.78 is 5.52. The van der Waals surface area contributed by atoms with Crippen molar-refractivity contribution < 1.29 is 24.2 Å². The van der Waals surface area contributed by atoms with Crippen molar-refractivity contribution in [3.05, 3.63) is 53.4 Å². The number of carbonyl (C=O) groups excluding carboxylic acids is 2. The molecule has 2 saturated carbocycles. The van der Waals surface area contributed by atoms with Gasteiger partial charge in [-0.2, -0.15) is 0 Å². The van der Waals surface area contributed by atoms with Gasteiger partial charge in [-0.1, -0.05) is 36.4 Å². The molecule has 1 aromatic heterocycles. The lowest BCUT2D eigenvalue weighted by molar-refractivity contribution is -0.148. The van der Waals surface area contributed by atoms with Gasteiger partial charge in [-0.3, -0.25) is 9.59 Å². The van der Waals surface area contributed by atoms with Crippen molar-refractivity contribution >= 4 is 45.0 Å². The van der Waals surface area contributed by atoms with Crippen LogP contribution in [0.4, 0.5) is 5.00 Å². The molecule has 2 aliphatic rings. The van der Waals surface area contributed by atoms with E-state index in [1.165, 1.54) is 11.3 Å². The lowest BCUT2D eigenvalue weighted by atomic mass is 9.78. The molecule has 2 fully saturated rings. The summed E-state index contributed by atoms with van der Waals surface area (Å²) in [6.45, 7) is 3.57. The Kier molecular flexibility index (Phi) is 5.90. The Bertz CT molecular complexity index is 1280. The van der Waals surface area contributed by atoms with Crippen LogP contribution in [0.15, 0.2) is 47.8 Å². The number of rotatable bonds is 6. The van der Waals surface area contributed by atoms with Crippen LogP contribution < -0.4 is 5.32 Å². The number of thiophene rings is 1. The molecule has 0 radical (unpaired) electrons. The fourth-order valence-electron chi connectivity index (χ4n) is 5.71. The first-order valence-corrected chi connectivity index (χ1v) is 12.6. The van der Waals surface area contributed by atoms with Gasteiger partial charge in [0.25, 0.3) is 0 Å². The zero-order valence-electron chi connectivity index (χ0n) is 19.1. The Morgan fingerprint density at radius 3 is 2.44 bits per heavy atom. The molecule has 4 atom stereocenters. The maximum absolute atomic E-state index is 13.3. The molecule has 1 heterocycles. The summed E-state index contributed by atoms with van der Waals surface area (Å²) in [6, 6.07) is 14.0. The Morgan fingerprint density at radius 1 is 1.03 bits per heavy atom. The van der Waals surface area contributed by atoms with Crippen LogP contribution in [0.1, 0.15) is 43.5 Å². The van der Waals surface area contributed by atoms with Gasteiger partial charge in [0.1, 0.15) is 10.6 Å². The number of carboxylic acids is 1. The van der Waals surface area contributed by atoms with E-state index in [0.29, 0.717) is 16.1 Å². The summed E-state index contributed by atoms with van der Waals surface area (Å²) in [7, 11) is 0. The van der Waals surface area contributed by atoms with E-state index >= 15 is 0 Å². The lowest BCUT2D eigenvalue weighted by Crippen LogP contribution is -2.38. The van der Waals surface area contributed by atoms with Crippen molar-refractivity contribution in [3.8, 4) is 11.1 Å². The summed E-state index contributed by atoms with van der Waals surface area (Å²) in [6.07, 6.45) is 2.20. The molecule has 2 aliphatic carbocycles. The molecule has 2 bridgehead atoms. The van der Waals surface area contributed by atoms with Gasteiger partial charge in [0.2, 0.25) is 5.91 Å². The minimum atomic E-state index is -0.908. The Morgan fingerprint density at radius 2 is 1.74 bits per heavy atom. The van der Waals surface area contributed by atoms with Crippen LogP contribution >= 0.6 is 11.3 Å². The van der Waals surface area contributed by atoms with E-state index in [0.717, 1.165) is 35.6 Å². The van der Waals surface area contributed by atoms with Gasteiger partial charge in [-0.05, 0) is 67.3 Å². The van der Waals surface area contributed by atoms with Crippen molar-refractivity contribution in [1.82, 2.24) is 0 Å². The second-order valence-corrected chi connectivity index (χ2v) is 10.5. The minimum absolute atomic E-state index is 0.0557. The maximum atomic E-state index is 13.3. The van der Waals surface area contributed by atoms with Crippen LogP contribution in [0.2, 0.25) is 0 Å². The highest BCUT2D eigenvalue weighted by molar-refractivity contribution is 7.15. The molecule has 0 unspecified atom stereocenters. The number of anilines is 1. The van der Waals surface area contributed by atoms with E-state index in [-0.39, 0.29) is 23.8 Å². The number of carboxylic acid groups (broad SMARTS) is 1. The van der Waals surface area contributed by atoms with Crippen LogP contribution in [-0.2, 0) is 14.3 Å². The van der Waals surface area contributed by atoms with Crippen LogP contribution in [0, 0.1) is 23.7 Å². The van der Waals surface area contributed by atoms with Crippen molar-refractivity contribution in [2.75, 3.05) is 5.32 Å². The first kappa shape index (κ1) is 22.6. The molecule has 3 aromatic rings. The van der Waals surface area contributed by atoms with Crippen molar-refractivity contribution in [2.24, 2.45) is 23.7 Å². The van der Waals surface area contributed by atoms with E-state index in [1.807, 2.05) is 47.8 Å². The van der Waals surface area contributed by atoms with E-state index in [1.54, 1.807) is 13.8 Å². The summed E-state index contributed by atoms with van der Waals surface area (Å²) in [5.74, 6) is -2.82. The second kappa shape index (κ2) is 8.87. The van der Waals surface area contributed by atoms with Crippen LogP contribution in [-0.4, -0.2) is 29.1 Å². The molecular formula is C27H27NO5S. The van der Waals surface area contributed by atoms with Gasteiger partial charge >= 0.3 is 11.9 Å². The van der Waals surface area contributed by atoms with E-state index in [9.17, 15) is 19.5 Å². The molecule has 7 heteroatoms. The molecule has 0 aliphatic heterocycles. The summed E-state index contributed by atoms with van der Waals surface area (Å²) in [5.41, 5.74) is 1.87. The number of fused-ring (bicyclic) bond motifs is 3. The average molecular weight is 478 g/mol. The van der Waals surface area contributed by atoms with Crippen molar-refractivity contribution in [1.29, 1.82) is 0 Å². The van der Waals surface area contributed by atoms with Crippen molar-refractivity contribution in [3.63, 3.8) is 0 Å². The largest absolute Gasteiger partial charge is 0.481 e. The minimum Gasteiger partial charge on any atom is -0.481 e. The Balaban J connectivity index is 1.51. The lowest BCUT2D eigenvalue weighted by Gasteiger charge is -2.27. The number of hydrogen-bond acceptors (Lipinski definition) is 5. The number of aliphatic carboxylic acids is 1. The van der Waals surface area contributed by atoms with Gasteiger partial charge in [-0.15, -0.1) is 11.3 Å². The first-order valence-electron chi connectivity index (χ1n) is 11.7. The molecule has 176 valence electrons. The molecule has 6 nitrogen and oxygen atoms in total. The van der Waals surface area contributed by atoms with Crippen LogP contribution in [0.25, 0.3) is 21.9 Å². The Labute approximate surface area is 201 Å². The molecule has 0 spiro atoms. The third-order valence-electron chi connectivity index (χ3n) is 7.14. The number of esters is 1. The number of ether oxygens (including phenoxy) is 1. The first-order chi connectivity index (χ1) is 16.3. The maximum Gasteiger partial charge on any atom is 0.342 e. The third kappa shape index (κ3) is 3.98. The van der Waals surface area contributed by atoms with Gasteiger partial charge in [0.05, 0.1) is 17.9 Å². The van der Waals surface area contributed by atoms with Gasteiger partial charge in [-0.25, -0.2) is 4.79 Å². The highest BCUT2D eigenvalue weighted by Gasteiger charge is 2.54. The highest BCUT2D eigenvalue weighted by atomic mass is 32.1. The number of nitrogens with one attached hydrogen (secondary N) is 1. The molecule has 0 saturated heterocycles. The van der Waals surface area contributed by atoms with Crippen molar-refractivity contribution in [2.45, 2.75) is 39.2 Å². The monoisotopic (exact) mass is 477 g/mol. The topological polar surface area (TPSA) is 92.7 Å². The van der Waals surface area contributed by atoms with E-state index in [4.69, 9.17) is 4.74 Å². The van der Waals surface area contributed by atoms with Gasteiger partial charge in [0, 0.05) is 10.9 Å². The molecule has 34 heavy (non-hydrogen) atoms. The molecule has 1 amide bonds. The highest BCUT2D eigenvalue weighted by Crippen LogP contribution is 2.53. The second-order valence-electron chi connectivity index (χ2n) is 9.58. The Hall–Kier alpha value is -3.19. The number of hydrogen-bond donors (Lipinski definition) is 2. The van der Waals surface area contributed by atoms with Gasteiger partial charge in [0.15, 0.2) is 0 Å². The molecular weight excluding hydrogens is 450 g/mol. The fourth-order valence-corrected chi connectivity index (χ4v) is 6.67. The average Bonchev–Trinajstić information content (AvgIpc) is 3.52. The SMILES string of the molecule is CC(C)OC(=O)c1c(-c2ccc3ccccc3c2)csc1NC(=O)[C@@H]1[C@H]2CC[C@@H](C2)[C@H]1C(=O)O. The quantitative estimate of drug-likeness (QED) is 0.437. The van der Waals surface area contributed by atoms with Gasteiger partial charge < -0.3 is 15.2 Å². The molecule has 2 N–H and O–H groups in total. The van der Waals surface area contributed by atoms with Crippen LogP contribution in [0.5, 0.6) is 0 Å². The zero-order chi connectivity index (χ0) is 24.0. The summed E-state index contributed by atoms with van der Waals surface area (Å²) in [5, 5.41) is 17.1. The standard InChI is InChI=1S/C27H27NO5S/c1-14(2)33-27(32)23-20(17-8-7-15-5-3-4-6-16(15)11-17)13-34-25(23)28-24(29)21-18-9-10-19(12-18)22(21)26(30)31/h3-8,11,13-14,18-19,21-22H,9-10,12H2,1-2H3,(H,28,29)(H,30,31)/t18-,19-,21+,22+/m0/s1. The smallest absolute Gasteiger partial charge is 0.342 e. The predicted octanol–water partition coefficient (Wildman–Crippen LogP) is 5.82. The van der Waals surface area contributed by atoms with E-state index in [2.05, 4.69) is 5.32 Å². The summed E-state index contributed by atoms with van der Waals surface area (Å²) in [4.78, 5) is 38.4. The third-order valence-corrected chi connectivity index (χ3v) is 8.03. The molecule has 5 rings (SSSR count). The van der Waals surface area contributed by atoms with E-state index < -0.39 is 23.8 Å². The summed E-state index contributed by atoms with van der Waals surface area (Å²) >= 11 is 1.27. The fraction of sp³-hybridized carbons (Fsp3) is 0.370. The zero-order valence-corrected chi connectivity index (χ0v) is 19.9. The van der Waals surface area contributed by atoms with Crippen LogP contribution in [0.3, 0.4) is 0 Å². The normalized spacial score (nSPS) is 23.4.